The highest BCUT2D eigenvalue weighted by Gasteiger charge is 2.29. The summed E-state index contributed by atoms with van der Waals surface area (Å²) in [4.78, 5) is 41.5. The fourth-order valence-corrected chi connectivity index (χ4v) is 5.29. The molecule has 9 nitrogen and oxygen atoms in total. The van der Waals surface area contributed by atoms with Gasteiger partial charge < -0.3 is 25.4 Å². The van der Waals surface area contributed by atoms with Crippen LogP contribution in [-0.4, -0.2) is 59.3 Å². The Morgan fingerprint density at radius 3 is 2.47 bits per heavy atom. The van der Waals surface area contributed by atoms with Crippen LogP contribution in [0.3, 0.4) is 0 Å². The van der Waals surface area contributed by atoms with Gasteiger partial charge >= 0.3 is 12.2 Å². The van der Waals surface area contributed by atoms with Gasteiger partial charge in [-0.2, -0.15) is 0 Å². The van der Waals surface area contributed by atoms with Crippen LogP contribution >= 0.6 is 11.3 Å². The van der Waals surface area contributed by atoms with Crippen molar-refractivity contribution in [2.75, 3.05) is 31.6 Å². The van der Waals surface area contributed by atoms with Gasteiger partial charge in [0.1, 0.15) is 13.2 Å². The second-order valence-electron chi connectivity index (χ2n) is 8.49. The predicted octanol–water partition coefficient (Wildman–Crippen LogP) is 4.39. The molecule has 0 saturated carbocycles. The van der Waals surface area contributed by atoms with Crippen molar-refractivity contribution in [1.82, 2.24) is 15.2 Å². The lowest BCUT2D eigenvalue weighted by Gasteiger charge is -2.23. The molecule has 5 rings (SSSR count). The summed E-state index contributed by atoms with van der Waals surface area (Å²) in [6.45, 7) is 0.616. The summed E-state index contributed by atoms with van der Waals surface area (Å²) in [6, 6.07) is 16.1. The van der Waals surface area contributed by atoms with Crippen molar-refractivity contribution in [2.24, 2.45) is 0 Å². The normalized spacial score (nSPS) is 14.4. The topological polar surface area (TPSA) is 121 Å². The molecule has 0 radical (unpaired) electrons. The lowest BCUT2D eigenvalue weighted by atomic mass is 9.98. The number of amides is 3. The average molecular weight is 505 g/mol. The van der Waals surface area contributed by atoms with Crippen molar-refractivity contribution < 1.29 is 24.2 Å². The second-order valence-corrected chi connectivity index (χ2v) is 9.35. The Kier molecular flexibility index (Phi) is 6.68. The number of ether oxygens (including phenoxy) is 1. The first kappa shape index (κ1) is 23.6. The molecule has 10 heteroatoms. The lowest BCUT2D eigenvalue weighted by Crippen LogP contribution is -2.34. The molecule has 0 unspecified atom stereocenters. The zero-order chi connectivity index (χ0) is 25.1. The number of thiazole rings is 1. The van der Waals surface area contributed by atoms with Gasteiger partial charge in [-0.15, -0.1) is 11.3 Å². The third-order valence-corrected chi connectivity index (χ3v) is 7.00. The third kappa shape index (κ3) is 4.94. The Morgan fingerprint density at radius 2 is 1.78 bits per heavy atom. The smallest absolute Gasteiger partial charge is 0.407 e. The minimum absolute atomic E-state index is 0.0585. The largest absolute Gasteiger partial charge is 0.465 e. The molecule has 0 saturated heterocycles. The van der Waals surface area contributed by atoms with Crippen molar-refractivity contribution >= 4 is 40.1 Å². The minimum Gasteiger partial charge on any atom is -0.465 e. The molecule has 2 aromatic carbocycles. The molecule has 184 valence electrons. The van der Waals surface area contributed by atoms with E-state index in [1.807, 2.05) is 42.5 Å². The highest BCUT2D eigenvalue weighted by atomic mass is 32.1. The lowest BCUT2D eigenvalue weighted by molar-refractivity contribution is -0.115. The van der Waals surface area contributed by atoms with E-state index < -0.39 is 18.1 Å². The van der Waals surface area contributed by atoms with Gasteiger partial charge in [0.15, 0.2) is 5.13 Å². The van der Waals surface area contributed by atoms with E-state index in [0.29, 0.717) is 23.8 Å². The number of benzene rings is 2. The number of anilines is 1. The van der Waals surface area contributed by atoms with Crippen LogP contribution in [0.1, 0.15) is 29.2 Å². The van der Waals surface area contributed by atoms with Gasteiger partial charge in [-0.1, -0.05) is 54.6 Å². The molecule has 36 heavy (non-hydrogen) atoms. The van der Waals surface area contributed by atoms with Crippen molar-refractivity contribution in [3.05, 3.63) is 76.8 Å². The summed E-state index contributed by atoms with van der Waals surface area (Å²) in [7, 11) is 0. The van der Waals surface area contributed by atoms with Crippen LogP contribution in [0.4, 0.5) is 14.7 Å². The van der Waals surface area contributed by atoms with Gasteiger partial charge in [-0.3, -0.25) is 4.79 Å². The zero-order valence-corrected chi connectivity index (χ0v) is 20.1. The molecule has 3 amide bonds. The van der Waals surface area contributed by atoms with Crippen LogP contribution in [0.25, 0.3) is 16.7 Å². The predicted molar refractivity (Wildman–Crippen MR) is 136 cm³/mol. The number of carbonyl (C=O) groups is 3. The van der Waals surface area contributed by atoms with Crippen LogP contribution < -0.4 is 10.6 Å². The number of hydrogen-bond donors (Lipinski definition) is 3. The van der Waals surface area contributed by atoms with Gasteiger partial charge in [0.25, 0.3) is 0 Å². The van der Waals surface area contributed by atoms with Crippen LogP contribution in [0.2, 0.25) is 0 Å². The van der Waals surface area contributed by atoms with E-state index >= 15 is 0 Å². The quantitative estimate of drug-likeness (QED) is 0.458. The average Bonchev–Trinajstić information content (AvgIpc) is 3.49. The number of nitrogens with zero attached hydrogens (tertiary/aromatic N) is 2. The number of carboxylic acid groups (broad SMARTS) is 1. The molecule has 2 aliphatic rings. The van der Waals surface area contributed by atoms with Gasteiger partial charge in [0.05, 0.1) is 12.2 Å². The molecular weight excluding hydrogens is 480 g/mol. The highest BCUT2D eigenvalue weighted by Crippen LogP contribution is 2.44. The summed E-state index contributed by atoms with van der Waals surface area (Å²) in [5, 5.41) is 16.5. The van der Waals surface area contributed by atoms with Crippen molar-refractivity contribution in [1.29, 1.82) is 0 Å². The molecule has 0 atom stereocenters. The monoisotopic (exact) mass is 504 g/mol. The number of fused-ring (bicyclic) bond motifs is 3. The molecule has 3 N–H and O–H groups in total. The maximum atomic E-state index is 12.3. The van der Waals surface area contributed by atoms with E-state index in [2.05, 4.69) is 27.8 Å². The van der Waals surface area contributed by atoms with Crippen LogP contribution in [0.15, 0.2) is 60.0 Å². The highest BCUT2D eigenvalue weighted by molar-refractivity contribution is 7.14. The standard InChI is InChI=1S/C26H24N4O5S/c31-23(29-24-28-22(15-36-24)16-6-5-11-30(13-16)26(33)34)12-27-25(32)35-14-21-19-9-3-1-7-17(19)18-8-2-4-10-20(18)21/h1-4,6-10,15,21H,5,11-14H2,(H,27,32)(H,33,34)(H,28,29,31). The number of nitrogens with one attached hydrogen (secondary N) is 2. The van der Waals surface area contributed by atoms with Crippen LogP contribution in [0, 0.1) is 0 Å². The van der Waals surface area contributed by atoms with Gasteiger partial charge in [0.2, 0.25) is 5.91 Å². The Bertz CT molecular complexity index is 1310. The fourth-order valence-electron chi connectivity index (χ4n) is 4.54. The molecule has 0 spiro atoms. The van der Waals surface area contributed by atoms with Crippen molar-refractivity contribution in [2.45, 2.75) is 12.3 Å². The van der Waals surface area contributed by atoms with E-state index in [4.69, 9.17) is 4.74 Å². The molecule has 1 aliphatic heterocycles. The van der Waals surface area contributed by atoms with E-state index in [1.54, 1.807) is 5.38 Å². The van der Waals surface area contributed by atoms with E-state index in [-0.39, 0.29) is 25.6 Å². The fraction of sp³-hybridized carbons (Fsp3) is 0.231. The third-order valence-electron chi connectivity index (χ3n) is 6.24. The van der Waals surface area contributed by atoms with Crippen molar-refractivity contribution in [3.63, 3.8) is 0 Å². The van der Waals surface area contributed by atoms with Gasteiger partial charge in [-0.05, 0) is 34.2 Å². The van der Waals surface area contributed by atoms with Crippen molar-refractivity contribution in [3.8, 4) is 11.1 Å². The van der Waals surface area contributed by atoms with Crippen LogP contribution in [-0.2, 0) is 9.53 Å². The number of alkyl carbamates (subject to hydrolysis) is 1. The maximum absolute atomic E-state index is 12.3. The van der Waals surface area contributed by atoms with E-state index in [0.717, 1.165) is 27.8 Å². The van der Waals surface area contributed by atoms with Gasteiger partial charge in [-0.25, -0.2) is 14.6 Å². The molecule has 1 aromatic heterocycles. The number of carbonyl (C=O) groups excluding carboxylic acids is 2. The number of rotatable bonds is 6. The Hall–Kier alpha value is -4.18. The number of hydrogen-bond acceptors (Lipinski definition) is 6. The van der Waals surface area contributed by atoms with E-state index in [1.165, 1.54) is 16.2 Å². The summed E-state index contributed by atoms with van der Waals surface area (Å²) in [5.74, 6) is -0.494. The first-order valence-electron chi connectivity index (χ1n) is 11.5. The Balaban J connectivity index is 1.11. The summed E-state index contributed by atoms with van der Waals surface area (Å²) in [6.07, 6.45) is 0.931. The zero-order valence-electron chi connectivity index (χ0n) is 19.3. The van der Waals surface area contributed by atoms with Crippen LogP contribution in [0.5, 0.6) is 0 Å². The summed E-state index contributed by atoms with van der Waals surface area (Å²) >= 11 is 1.24. The molecule has 2 heterocycles. The molecular formula is C26H24N4O5S. The molecule has 0 bridgehead atoms. The SMILES string of the molecule is O=C(CNC(=O)OCC1c2ccccc2-c2ccccc21)Nc1nc(C2=CCCN(C(=O)O)C2)cs1. The molecule has 3 aromatic rings. The first-order valence-corrected chi connectivity index (χ1v) is 12.4. The molecule has 0 fully saturated rings. The first-order chi connectivity index (χ1) is 17.5. The van der Waals surface area contributed by atoms with E-state index in [9.17, 15) is 19.5 Å². The number of aromatic nitrogens is 1. The summed E-state index contributed by atoms with van der Waals surface area (Å²) < 4.78 is 5.45. The minimum atomic E-state index is -0.969. The summed E-state index contributed by atoms with van der Waals surface area (Å²) in [5.41, 5.74) is 5.95. The second kappa shape index (κ2) is 10.2. The van der Waals surface area contributed by atoms with Gasteiger partial charge in [0, 0.05) is 17.8 Å². The Labute approximate surface area is 211 Å². The Morgan fingerprint density at radius 1 is 1.08 bits per heavy atom. The maximum Gasteiger partial charge on any atom is 0.407 e. The molecule has 1 aliphatic carbocycles.